The van der Waals surface area contributed by atoms with E-state index in [-0.39, 0.29) is 29.0 Å². The second kappa shape index (κ2) is 7.50. The summed E-state index contributed by atoms with van der Waals surface area (Å²) >= 11 is 0. The number of nitrogens with zero attached hydrogens (tertiary/aromatic N) is 3. The number of rotatable bonds is 4. The number of nitrogens with one attached hydrogen (secondary N) is 1. The fourth-order valence-electron chi connectivity index (χ4n) is 4.67. The summed E-state index contributed by atoms with van der Waals surface area (Å²) in [5, 5.41) is 13.1. The smallest absolute Gasteiger partial charge is 0.271 e. The molecule has 4 rings (SSSR count). The van der Waals surface area contributed by atoms with Crippen LogP contribution in [0.1, 0.15) is 78.1 Å². The van der Waals surface area contributed by atoms with Gasteiger partial charge in [-0.15, -0.1) is 0 Å². The van der Waals surface area contributed by atoms with E-state index in [1.54, 1.807) is 0 Å². The molecular weight excluding hydrogens is 382 g/mol. The summed E-state index contributed by atoms with van der Waals surface area (Å²) in [6.45, 7) is 6.11. The van der Waals surface area contributed by atoms with Crippen LogP contribution in [-0.4, -0.2) is 43.5 Å². The van der Waals surface area contributed by atoms with Gasteiger partial charge in [0, 0.05) is 29.9 Å². The lowest BCUT2D eigenvalue weighted by molar-refractivity contribution is 0.0909. The number of ketones is 1. The lowest BCUT2D eigenvalue weighted by Crippen LogP contribution is -2.30. The van der Waals surface area contributed by atoms with Gasteiger partial charge in [0.1, 0.15) is 0 Å². The maximum atomic E-state index is 12.7. The molecule has 2 aliphatic carbocycles. The highest BCUT2D eigenvalue weighted by molar-refractivity contribution is 6.00. The number of hydrogen-bond acceptors (Lipinski definition) is 6. The van der Waals surface area contributed by atoms with Gasteiger partial charge < -0.3 is 20.7 Å². The number of primary amides is 1. The average Bonchev–Trinajstić information content (AvgIpc) is 2.98. The summed E-state index contributed by atoms with van der Waals surface area (Å²) < 4.78 is 1.91. The number of anilines is 1. The fraction of sp³-hybridized carbons (Fsp3) is 0.545. The quantitative estimate of drug-likeness (QED) is 0.710. The third kappa shape index (κ3) is 3.84. The minimum atomic E-state index is -0.644. The molecule has 2 aliphatic rings. The molecule has 1 amide bonds. The predicted molar refractivity (Wildman–Crippen MR) is 113 cm³/mol. The highest BCUT2D eigenvalue weighted by Gasteiger charge is 2.35. The number of aryl methyl sites for hydroxylation is 1. The number of fused-ring (bicyclic) bond motifs is 1. The van der Waals surface area contributed by atoms with Crippen LogP contribution in [0.15, 0.2) is 12.4 Å². The number of Topliss-reactive ketones (excluding diaryl/α,β-unsaturated/α-hetero) is 1. The van der Waals surface area contributed by atoms with Crippen molar-refractivity contribution in [2.75, 3.05) is 5.32 Å². The van der Waals surface area contributed by atoms with Crippen LogP contribution in [0.4, 0.5) is 5.82 Å². The van der Waals surface area contributed by atoms with Crippen LogP contribution in [0.3, 0.4) is 0 Å². The Morgan fingerprint density at radius 3 is 2.63 bits per heavy atom. The topological polar surface area (TPSA) is 123 Å². The molecule has 8 nitrogen and oxygen atoms in total. The van der Waals surface area contributed by atoms with Crippen molar-refractivity contribution in [3.8, 4) is 5.82 Å². The number of aliphatic hydroxyl groups excluding tert-OH is 1. The molecule has 4 N–H and O–H groups in total. The van der Waals surface area contributed by atoms with E-state index in [9.17, 15) is 14.7 Å². The first-order chi connectivity index (χ1) is 14.1. The molecular formula is C22H29N5O3. The van der Waals surface area contributed by atoms with Crippen molar-refractivity contribution in [1.29, 1.82) is 0 Å². The average molecular weight is 412 g/mol. The van der Waals surface area contributed by atoms with Gasteiger partial charge >= 0.3 is 0 Å². The van der Waals surface area contributed by atoms with Crippen LogP contribution in [0.25, 0.3) is 5.82 Å². The van der Waals surface area contributed by atoms with Crippen molar-refractivity contribution in [3.05, 3.63) is 34.9 Å². The van der Waals surface area contributed by atoms with Crippen LogP contribution >= 0.6 is 0 Å². The molecule has 0 atom stereocenters. The molecule has 0 radical (unpaired) electrons. The summed E-state index contributed by atoms with van der Waals surface area (Å²) in [5.41, 5.74) is 8.11. The molecule has 0 unspecified atom stereocenters. The minimum absolute atomic E-state index is 0.0943. The monoisotopic (exact) mass is 411 g/mol. The Labute approximate surface area is 175 Å². The van der Waals surface area contributed by atoms with Gasteiger partial charge in [-0.1, -0.05) is 13.8 Å². The molecule has 1 fully saturated rings. The van der Waals surface area contributed by atoms with Crippen LogP contribution in [0.5, 0.6) is 0 Å². The van der Waals surface area contributed by atoms with Gasteiger partial charge in [0.15, 0.2) is 23.1 Å². The number of aromatic nitrogens is 3. The van der Waals surface area contributed by atoms with Gasteiger partial charge in [0.2, 0.25) is 0 Å². The Morgan fingerprint density at radius 1 is 1.27 bits per heavy atom. The highest BCUT2D eigenvalue weighted by atomic mass is 16.3. The summed E-state index contributed by atoms with van der Waals surface area (Å²) in [7, 11) is 0. The molecule has 1 saturated carbocycles. The van der Waals surface area contributed by atoms with Gasteiger partial charge in [-0.3, -0.25) is 9.59 Å². The Morgan fingerprint density at radius 2 is 1.97 bits per heavy atom. The molecule has 0 bridgehead atoms. The first kappa shape index (κ1) is 20.5. The summed E-state index contributed by atoms with van der Waals surface area (Å²) in [6.07, 6.45) is 7.43. The number of nitrogens with two attached hydrogens (primary N) is 1. The number of amides is 1. The summed E-state index contributed by atoms with van der Waals surface area (Å²) in [4.78, 5) is 33.6. The number of carbonyl (C=O) groups is 2. The van der Waals surface area contributed by atoms with Crippen LogP contribution in [-0.2, 0) is 6.42 Å². The van der Waals surface area contributed by atoms with Crippen molar-refractivity contribution in [2.45, 2.75) is 71.4 Å². The van der Waals surface area contributed by atoms with E-state index in [4.69, 9.17) is 5.73 Å². The van der Waals surface area contributed by atoms with E-state index in [0.717, 1.165) is 36.1 Å². The van der Waals surface area contributed by atoms with Gasteiger partial charge in [-0.25, -0.2) is 9.97 Å². The minimum Gasteiger partial charge on any atom is -0.393 e. The Kier molecular flexibility index (Phi) is 5.13. The van der Waals surface area contributed by atoms with Crippen molar-refractivity contribution in [1.82, 2.24) is 14.5 Å². The molecule has 160 valence electrons. The number of hydrogen-bond donors (Lipinski definition) is 3. The molecule has 0 aliphatic heterocycles. The standard InChI is InChI=1S/C22H29N5O3/c1-12-11-27(15-8-22(2,3)9-16(29)18(12)15)17-10-24-19(20(23)30)21(26-17)25-13-4-6-14(28)7-5-13/h10-11,13-14,28H,4-9H2,1-3H3,(H2,23,30)(H,25,26). The van der Waals surface area contributed by atoms with Crippen molar-refractivity contribution in [2.24, 2.45) is 11.1 Å². The van der Waals surface area contributed by atoms with Gasteiger partial charge in [0.25, 0.3) is 5.91 Å². The third-order valence-electron chi connectivity index (χ3n) is 6.14. The van der Waals surface area contributed by atoms with E-state index in [2.05, 4.69) is 29.1 Å². The second-order valence-electron chi connectivity index (χ2n) is 9.38. The SMILES string of the molecule is Cc1cn(-c2cnc(C(N)=O)c(NC3CCC(O)CC3)n2)c2c1C(=O)CC(C)(C)C2. The van der Waals surface area contributed by atoms with Crippen LogP contribution in [0, 0.1) is 12.3 Å². The van der Waals surface area contributed by atoms with Crippen molar-refractivity contribution < 1.29 is 14.7 Å². The number of carbonyl (C=O) groups excluding carboxylic acids is 2. The molecule has 2 aromatic heterocycles. The zero-order chi connectivity index (χ0) is 21.6. The molecule has 30 heavy (non-hydrogen) atoms. The van der Waals surface area contributed by atoms with E-state index in [1.807, 2.05) is 17.7 Å². The van der Waals surface area contributed by atoms with Crippen molar-refractivity contribution >= 4 is 17.5 Å². The molecule has 0 aromatic carbocycles. The van der Waals surface area contributed by atoms with Gasteiger partial charge in [-0.2, -0.15) is 0 Å². The predicted octanol–water partition coefficient (Wildman–Crippen LogP) is 2.55. The third-order valence-corrected chi connectivity index (χ3v) is 6.14. The Bertz CT molecular complexity index is 1000. The molecule has 0 spiro atoms. The van der Waals surface area contributed by atoms with Crippen molar-refractivity contribution in [3.63, 3.8) is 0 Å². The zero-order valence-electron chi connectivity index (χ0n) is 17.7. The van der Waals surface area contributed by atoms with Crippen LogP contribution < -0.4 is 11.1 Å². The molecule has 0 saturated heterocycles. The molecule has 8 heteroatoms. The van der Waals surface area contributed by atoms with E-state index in [0.29, 0.717) is 30.9 Å². The normalized spacial score (nSPS) is 23.1. The lowest BCUT2D eigenvalue weighted by atomic mass is 9.75. The van der Waals surface area contributed by atoms with Gasteiger partial charge in [0.05, 0.1) is 12.3 Å². The van der Waals surface area contributed by atoms with E-state index in [1.165, 1.54) is 6.20 Å². The maximum absolute atomic E-state index is 12.7. The first-order valence-electron chi connectivity index (χ1n) is 10.5. The molecule has 2 aromatic rings. The highest BCUT2D eigenvalue weighted by Crippen LogP contribution is 2.38. The lowest BCUT2D eigenvalue weighted by Gasteiger charge is -2.30. The van der Waals surface area contributed by atoms with Gasteiger partial charge in [-0.05, 0) is 50.0 Å². The second-order valence-corrected chi connectivity index (χ2v) is 9.38. The Hall–Kier alpha value is -2.74. The Balaban J connectivity index is 1.73. The first-order valence-corrected chi connectivity index (χ1v) is 10.5. The summed E-state index contributed by atoms with van der Waals surface area (Å²) in [5.74, 6) is 0.406. The van der Waals surface area contributed by atoms with Crippen LogP contribution in [0.2, 0.25) is 0 Å². The number of aliphatic hydroxyl groups is 1. The zero-order valence-corrected chi connectivity index (χ0v) is 17.7. The largest absolute Gasteiger partial charge is 0.393 e. The van der Waals surface area contributed by atoms with E-state index < -0.39 is 5.91 Å². The fourth-order valence-corrected chi connectivity index (χ4v) is 4.67. The summed E-state index contributed by atoms with van der Waals surface area (Å²) in [6, 6.07) is 0.0943. The van der Waals surface area contributed by atoms with E-state index >= 15 is 0 Å². The maximum Gasteiger partial charge on any atom is 0.271 e. The molecule has 2 heterocycles.